The normalized spacial score (nSPS) is 10.9. The molecule has 0 amide bonds. The highest BCUT2D eigenvalue weighted by Crippen LogP contribution is 2.31. The molecule has 0 aromatic carbocycles. The fourth-order valence-corrected chi connectivity index (χ4v) is 3.22. The van der Waals surface area contributed by atoms with E-state index in [2.05, 4.69) is 53.4 Å². The van der Waals surface area contributed by atoms with E-state index in [1.54, 1.807) is 11.3 Å². The van der Waals surface area contributed by atoms with E-state index in [1.807, 2.05) is 11.8 Å². The van der Waals surface area contributed by atoms with E-state index in [0.29, 0.717) is 0 Å². The molecular weight excluding hydrogens is 276 g/mol. The van der Waals surface area contributed by atoms with Gasteiger partial charge < -0.3 is 10.2 Å². The van der Waals surface area contributed by atoms with Crippen molar-refractivity contribution in [2.75, 3.05) is 42.4 Å². The van der Waals surface area contributed by atoms with Crippen LogP contribution in [0, 0.1) is 6.92 Å². The minimum absolute atomic E-state index is 0.725. The van der Waals surface area contributed by atoms with E-state index in [4.69, 9.17) is 0 Å². The second-order valence-electron chi connectivity index (χ2n) is 4.39. The van der Waals surface area contributed by atoms with E-state index in [-0.39, 0.29) is 0 Å². The monoisotopic (exact) mass is 296 g/mol. The summed E-state index contributed by atoms with van der Waals surface area (Å²) in [7, 11) is 2.10. The molecule has 0 spiro atoms. The summed E-state index contributed by atoms with van der Waals surface area (Å²) in [5, 5.41) is 4.37. The molecule has 2 rings (SSSR count). The zero-order valence-electron chi connectivity index (χ0n) is 11.9. The fourth-order valence-electron chi connectivity index (χ4n) is 1.89. The fraction of sp³-hybridized carbons (Fsp3) is 0.538. The number of anilines is 2. The number of nitrogens with zero attached hydrogens (tertiary/aromatic N) is 3. The predicted octanol–water partition coefficient (Wildman–Crippen LogP) is 3.23. The van der Waals surface area contributed by atoms with Gasteiger partial charge in [-0.25, -0.2) is 4.98 Å². The maximum Gasteiger partial charge on any atom is 0.226 e. The standard InChI is InChI=1S/C13H20N4S2/c1-5-14-13-15-11(17(3)6-7-18-4)10-8-9(2)19-12(10)16-13/h8H,5-7H2,1-4H3,(H,14,15,16). The van der Waals surface area contributed by atoms with Gasteiger partial charge in [-0.1, -0.05) is 0 Å². The van der Waals surface area contributed by atoms with Crippen LogP contribution in [-0.4, -0.2) is 42.1 Å². The first-order valence-electron chi connectivity index (χ1n) is 6.37. The summed E-state index contributed by atoms with van der Waals surface area (Å²) < 4.78 is 0. The second kappa shape index (κ2) is 6.43. The van der Waals surface area contributed by atoms with E-state index in [0.717, 1.165) is 40.8 Å². The Morgan fingerprint density at radius 2 is 2.21 bits per heavy atom. The van der Waals surface area contributed by atoms with Crippen LogP contribution in [0.5, 0.6) is 0 Å². The number of fused-ring (bicyclic) bond motifs is 1. The van der Waals surface area contributed by atoms with Crippen molar-refractivity contribution in [3.8, 4) is 0 Å². The molecule has 0 saturated heterocycles. The Morgan fingerprint density at radius 1 is 1.42 bits per heavy atom. The summed E-state index contributed by atoms with van der Waals surface area (Å²) in [6.45, 7) is 6.01. The third kappa shape index (κ3) is 3.30. The Bertz CT molecular complexity index is 553. The van der Waals surface area contributed by atoms with Crippen LogP contribution in [0.25, 0.3) is 10.2 Å². The number of rotatable bonds is 6. The number of hydrogen-bond acceptors (Lipinski definition) is 6. The molecule has 104 valence electrons. The molecular formula is C13H20N4S2. The Hall–Kier alpha value is -1.01. The Morgan fingerprint density at radius 3 is 2.89 bits per heavy atom. The number of aromatic nitrogens is 2. The molecule has 0 aliphatic heterocycles. The lowest BCUT2D eigenvalue weighted by atomic mass is 10.3. The molecule has 0 unspecified atom stereocenters. The van der Waals surface area contributed by atoms with Crippen LogP contribution >= 0.6 is 23.1 Å². The highest BCUT2D eigenvalue weighted by molar-refractivity contribution is 7.98. The molecule has 0 aliphatic rings. The van der Waals surface area contributed by atoms with Gasteiger partial charge in [0.15, 0.2) is 0 Å². The highest BCUT2D eigenvalue weighted by Gasteiger charge is 2.13. The molecule has 2 aromatic rings. The van der Waals surface area contributed by atoms with Gasteiger partial charge in [-0.05, 0) is 26.2 Å². The molecule has 0 fully saturated rings. The van der Waals surface area contributed by atoms with Gasteiger partial charge in [0.05, 0.1) is 5.39 Å². The summed E-state index contributed by atoms with van der Waals surface area (Å²) in [6.07, 6.45) is 2.13. The van der Waals surface area contributed by atoms with Crippen molar-refractivity contribution >= 4 is 45.1 Å². The van der Waals surface area contributed by atoms with E-state index in [9.17, 15) is 0 Å². The van der Waals surface area contributed by atoms with Crippen molar-refractivity contribution in [3.05, 3.63) is 10.9 Å². The average molecular weight is 296 g/mol. The van der Waals surface area contributed by atoms with Crippen LogP contribution in [0.2, 0.25) is 0 Å². The van der Waals surface area contributed by atoms with E-state index < -0.39 is 0 Å². The summed E-state index contributed by atoms with van der Waals surface area (Å²) >= 11 is 3.58. The van der Waals surface area contributed by atoms with Crippen molar-refractivity contribution < 1.29 is 0 Å². The van der Waals surface area contributed by atoms with Gasteiger partial charge in [0.1, 0.15) is 10.6 Å². The topological polar surface area (TPSA) is 41.1 Å². The Balaban J connectivity index is 2.43. The summed E-state index contributed by atoms with van der Waals surface area (Å²) in [5.41, 5.74) is 0. The van der Waals surface area contributed by atoms with Crippen LogP contribution < -0.4 is 10.2 Å². The molecule has 0 bridgehead atoms. The maximum atomic E-state index is 4.66. The highest BCUT2D eigenvalue weighted by atomic mass is 32.2. The maximum absolute atomic E-state index is 4.66. The molecule has 4 nitrogen and oxygen atoms in total. The minimum Gasteiger partial charge on any atom is -0.358 e. The summed E-state index contributed by atoms with van der Waals surface area (Å²) in [6, 6.07) is 2.18. The second-order valence-corrected chi connectivity index (χ2v) is 6.61. The summed E-state index contributed by atoms with van der Waals surface area (Å²) in [4.78, 5) is 13.8. The minimum atomic E-state index is 0.725. The number of hydrogen-bond donors (Lipinski definition) is 1. The van der Waals surface area contributed by atoms with Crippen molar-refractivity contribution in [3.63, 3.8) is 0 Å². The lowest BCUT2D eigenvalue weighted by Crippen LogP contribution is -2.22. The number of thioether (sulfide) groups is 1. The van der Waals surface area contributed by atoms with Gasteiger partial charge in [0, 0.05) is 30.8 Å². The first kappa shape index (κ1) is 14.4. The molecule has 0 saturated carbocycles. The van der Waals surface area contributed by atoms with Crippen LogP contribution in [0.1, 0.15) is 11.8 Å². The van der Waals surface area contributed by atoms with Crippen LogP contribution in [-0.2, 0) is 0 Å². The Labute approximate surface area is 122 Å². The van der Waals surface area contributed by atoms with Crippen LogP contribution in [0.4, 0.5) is 11.8 Å². The first-order chi connectivity index (χ1) is 9.15. The van der Waals surface area contributed by atoms with Gasteiger partial charge in [-0.3, -0.25) is 0 Å². The third-order valence-corrected chi connectivity index (χ3v) is 4.36. The van der Waals surface area contributed by atoms with Gasteiger partial charge >= 0.3 is 0 Å². The predicted molar refractivity (Wildman–Crippen MR) is 88.0 cm³/mol. The molecule has 2 heterocycles. The molecule has 1 N–H and O–H groups in total. The molecule has 0 atom stereocenters. The largest absolute Gasteiger partial charge is 0.358 e. The lowest BCUT2D eigenvalue weighted by Gasteiger charge is -2.19. The van der Waals surface area contributed by atoms with Crippen LogP contribution in [0.15, 0.2) is 6.07 Å². The number of nitrogens with one attached hydrogen (secondary N) is 1. The molecule has 6 heteroatoms. The molecule has 19 heavy (non-hydrogen) atoms. The van der Waals surface area contributed by atoms with Crippen molar-refractivity contribution in [2.24, 2.45) is 0 Å². The zero-order chi connectivity index (χ0) is 13.8. The lowest BCUT2D eigenvalue weighted by molar-refractivity contribution is 0.947. The molecule has 0 aliphatic carbocycles. The SMILES string of the molecule is CCNc1nc(N(C)CCSC)c2cc(C)sc2n1. The van der Waals surface area contributed by atoms with Gasteiger partial charge in [0.2, 0.25) is 5.95 Å². The van der Waals surface area contributed by atoms with Gasteiger partial charge in [0.25, 0.3) is 0 Å². The number of thiophene rings is 1. The van der Waals surface area contributed by atoms with E-state index >= 15 is 0 Å². The smallest absolute Gasteiger partial charge is 0.226 e. The summed E-state index contributed by atoms with van der Waals surface area (Å²) in [5.74, 6) is 2.85. The quantitative estimate of drug-likeness (QED) is 0.886. The first-order valence-corrected chi connectivity index (χ1v) is 8.59. The molecule has 2 aromatic heterocycles. The van der Waals surface area contributed by atoms with Crippen molar-refractivity contribution in [2.45, 2.75) is 13.8 Å². The Kier molecular flexibility index (Phi) is 4.87. The van der Waals surface area contributed by atoms with Crippen molar-refractivity contribution in [1.82, 2.24) is 9.97 Å². The van der Waals surface area contributed by atoms with Crippen molar-refractivity contribution in [1.29, 1.82) is 0 Å². The average Bonchev–Trinajstić information content (AvgIpc) is 2.75. The third-order valence-electron chi connectivity index (χ3n) is 2.82. The number of aryl methyl sites for hydroxylation is 1. The van der Waals surface area contributed by atoms with Crippen LogP contribution in [0.3, 0.4) is 0 Å². The van der Waals surface area contributed by atoms with Gasteiger partial charge in [-0.15, -0.1) is 11.3 Å². The van der Waals surface area contributed by atoms with Gasteiger partial charge in [-0.2, -0.15) is 16.7 Å². The zero-order valence-corrected chi connectivity index (χ0v) is 13.5. The molecule has 0 radical (unpaired) electrons. The van der Waals surface area contributed by atoms with E-state index in [1.165, 1.54) is 4.88 Å².